The lowest BCUT2D eigenvalue weighted by Gasteiger charge is -2.34. The van der Waals surface area contributed by atoms with Gasteiger partial charge in [-0.1, -0.05) is 18.9 Å². The Bertz CT molecular complexity index is 1790. The van der Waals surface area contributed by atoms with Crippen LogP contribution in [0.5, 0.6) is 5.75 Å². The van der Waals surface area contributed by atoms with Gasteiger partial charge < -0.3 is 35.1 Å². The zero-order chi connectivity index (χ0) is 39.0. The van der Waals surface area contributed by atoms with E-state index in [0.717, 1.165) is 31.4 Å². The van der Waals surface area contributed by atoms with Crippen molar-refractivity contribution in [2.24, 2.45) is 11.8 Å². The van der Waals surface area contributed by atoms with E-state index in [2.05, 4.69) is 36.0 Å². The third kappa shape index (κ3) is 10.1. The maximum Gasteiger partial charge on any atom is 0.411 e. The Morgan fingerprint density at radius 2 is 1.67 bits per heavy atom. The number of carbonyl (C=O) groups is 4. The molecule has 3 atom stereocenters. The van der Waals surface area contributed by atoms with Gasteiger partial charge in [-0.15, -0.1) is 0 Å². The third-order valence-electron chi connectivity index (χ3n) is 10.5. The molecule has 6 rings (SSSR count). The van der Waals surface area contributed by atoms with Gasteiger partial charge in [-0.2, -0.15) is 5.10 Å². The topological polar surface area (TPSA) is 180 Å². The molecule has 15 heteroatoms. The van der Waals surface area contributed by atoms with Crippen molar-refractivity contribution in [1.29, 1.82) is 0 Å². The monoisotopic (exact) mass is 758 g/mol. The molecule has 1 aromatic carbocycles. The highest BCUT2D eigenvalue weighted by atomic mass is 16.6. The van der Waals surface area contributed by atoms with Gasteiger partial charge in [0.05, 0.1) is 37.4 Å². The highest BCUT2D eigenvalue weighted by Gasteiger charge is 2.48. The summed E-state index contributed by atoms with van der Waals surface area (Å²) in [4.78, 5) is 60.7. The number of pyridine rings is 1. The molecule has 0 spiro atoms. The van der Waals surface area contributed by atoms with Gasteiger partial charge in [0, 0.05) is 56.1 Å². The Balaban J connectivity index is 0.888. The van der Waals surface area contributed by atoms with Crippen molar-refractivity contribution in [3.05, 3.63) is 54.4 Å². The van der Waals surface area contributed by atoms with Gasteiger partial charge in [0.25, 0.3) is 5.91 Å². The van der Waals surface area contributed by atoms with E-state index in [4.69, 9.17) is 14.2 Å². The van der Waals surface area contributed by atoms with Gasteiger partial charge in [-0.3, -0.25) is 24.4 Å². The van der Waals surface area contributed by atoms with Crippen molar-refractivity contribution in [2.75, 3.05) is 56.7 Å². The molecule has 4 amide bonds. The zero-order valence-corrected chi connectivity index (χ0v) is 32.3. The SMILES string of the molecule is COc1cc(N2CCC(C(=O)NCCOCCNC(=O)[C@@H]3C[C@@H]4CCCC[C@@H]4N3C(=O)OC(C)(C)C)CC2)ccc1NC(=O)c1cccc(-c2ccn[nH]2)n1. The number of fused-ring (bicyclic) bond motifs is 1. The molecule has 2 aliphatic heterocycles. The van der Waals surface area contributed by atoms with Gasteiger partial charge in [0.2, 0.25) is 11.8 Å². The van der Waals surface area contributed by atoms with Crippen molar-refractivity contribution in [2.45, 2.75) is 83.4 Å². The van der Waals surface area contributed by atoms with Crippen LogP contribution < -0.4 is 25.6 Å². The first-order valence-electron chi connectivity index (χ1n) is 19.4. The maximum atomic E-state index is 13.2. The fourth-order valence-corrected chi connectivity index (χ4v) is 7.80. The molecular formula is C40H54N8O7. The van der Waals surface area contributed by atoms with E-state index in [-0.39, 0.29) is 35.4 Å². The number of amides is 4. The molecule has 15 nitrogen and oxygen atoms in total. The molecule has 0 unspecified atom stereocenters. The molecule has 3 aliphatic rings. The van der Waals surface area contributed by atoms with Crippen LogP contribution in [0.4, 0.5) is 16.2 Å². The minimum absolute atomic E-state index is 0.00216. The maximum absolute atomic E-state index is 13.2. The number of aromatic nitrogens is 3. The number of nitrogens with one attached hydrogen (secondary N) is 4. The van der Waals surface area contributed by atoms with Gasteiger partial charge in [0.15, 0.2) is 0 Å². The lowest BCUT2D eigenvalue weighted by atomic mass is 9.85. The number of benzene rings is 1. The standard InChI is InChI=1S/C40H54N8O7/c1-40(2,3)55-39(52)48-33-11-6-5-8-27(33)24-34(48)38(51)42-19-23-54-22-18-41-36(49)26-15-20-47(21-16-26)28-12-13-31(35(25-28)53-4)45-37(50)32-10-7-9-29(44-32)30-14-17-43-46-30/h7,9-10,12-14,17,25-27,33-34H,5-6,8,11,15-16,18-24H2,1-4H3,(H,41,49)(H,42,51)(H,43,46)(H,45,50)/t27-,33-,34-/m0/s1. The van der Waals surface area contributed by atoms with Crippen LogP contribution in [0.3, 0.4) is 0 Å². The summed E-state index contributed by atoms with van der Waals surface area (Å²) in [7, 11) is 1.56. The molecule has 1 saturated carbocycles. The number of ether oxygens (including phenoxy) is 3. The van der Waals surface area contributed by atoms with Crippen LogP contribution in [-0.2, 0) is 19.1 Å². The number of carbonyl (C=O) groups excluding carboxylic acids is 4. The molecule has 2 saturated heterocycles. The van der Waals surface area contributed by atoms with Gasteiger partial charge in [0.1, 0.15) is 23.1 Å². The average Bonchev–Trinajstić information content (AvgIpc) is 3.86. The Morgan fingerprint density at radius 1 is 0.927 bits per heavy atom. The molecule has 2 aromatic heterocycles. The second-order valence-electron chi connectivity index (χ2n) is 15.4. The van der Waals surface area contributed by atoms with Crippen LogP contribution >= 0.6 is 0 Å². The van der Waals surface area contributed by atoms with E-state index in [1.54, 1.807) is 42.5 Å². The van der Waals surface area contributed by atoms with Crippen LogP contribution in [0.25, 0.3) is 11.4 Å². The van der Waals surface area contributed by atoms with Crippen LogP contribution in [0.2, 0.25) is 0 Å². The molecule has 3 aromatic rings. The van der Waals surface area contributed by atoms with Crippen molar-refractivity contribution in [3.8, 4) is 17.1 Å². The Labute approximate surface area is 322 Å². The van der Waals surface area contributed by atoms with Gasteiger partial charge >= 0.3 is 6.09 Å². The molecule has 3 fully saturated rings. The smallest absolute Gasteiger partial charge is 0.411 e. The van der Waals surface area contributed by atoms with E-state index in [0.29, 0.717) is 87.4 Å². The Morgan fingerprint density at radius 3 is 2.38 bits per heavy atom. The van der Waals surface area contributed by atoms with Crippen LogP contribution in [0.1, 0.15) is 76.2 Å². The molecule has 1 aliphatic carbocycles. The summed E-state index contributed by atoms with van der Waals surface area (Å²) in [6.07, 6.45) is 7.36. The fourth-order valence-electron chi connectivity index (χ4n) is 7.80. The number of anilines is 2. The summed E-state index contributed by atoms with van der Waals surface area (Å²) in [5.74, 6) is 0.203. The average molecular weight is 759 g/mol. The highest BCUT2D eigenvalue weighted by molar-refractivity contribution is 6.04. The molecular weight excluding hydrogens is 704 g/mol. The van der Waals surface area contributed by atoms with E-state index in [1.165, 1.54) is 0 Å². The number of aromatic amines is 1. The molecule has 0 radical (unpaired) electrons. The number of likely N-dealkylation sites (tertiary alicyclic amines) is 1. The molecule has 4 N–H and O–H groups in total. The number of piperidine rings is 1. The lowest BCUT2D eigenvalue weighted by Crippen LogP contribution is -2.51. The third-order valence-corrected chi connectivity index (χ3v) is 10.5. The summed E-state index contributed by atoms with van der Waals surface area (Å²) in [5.41, 5.74) is 2.43. The zero-order valence-electron chi connectivity index (χ0n) is 32.3. The second kappa shape index (κ2) is 18.0. The van der Waals surface area contributed by atoms with Crippen LogP contribution in [0.15, 0.2) is 48.7 Å². The van der Waals surface area contributed by atoms with Crippen molar-refractivity contribution < 1.29 is 33.4 Å². The molecule has 0 bridgehead atoms. The minimum Gasteiger partial charge on any atom is -0.494 e. The van der Waals surface area contributed by atoms with Crippen molar-refractivity contribution in [3.63, 3.8) is 0 Å². The van der Waals surface area contributed by atoms with E-state index in [1.807, 2.05) is 39.0 Å². The number of rotatable bonds is 13. The van der Waals surface area contributed by atoms with Gasteiger partial charge in [-0.05, 0) is 89.1 Å². The second-order valence-corrected chi connectivity index (χ2v) is 15.4. The van der Waals surface area contributed by atoms with E-state index in [9.17, 15) is 19.2 Å². The highest BCUT2D eigenvalue weighted by Crippen LogP contribution is 2.40. The normalized spacial score (nSPS) is 20.0. The summed E-state index contributed by atoms with van der Waals surface area (Å²) in [6, 6.07) is 12.2. The number of nitrogens with zero attached hydrogens (tertiary/aromatic N) is 4. The summed E-state index contributed by atoms with van der Waals surface area (Å²) >= 11 is 0. The minimum atomic E-state index is -0.633. The predicted molar refractivity (Wildman–Crippen MR) is 207 cm³/mol. The summed E-state index contributed by atoms with van der Waals surface area (Å²) < 4.78 is 17.0. The van der Waals surface area contributed by atoms with Crippen LogP contribution in [0, 0.1) is 11.8 Å². The number of hydrogen-bond acceptors (Lipinski definition) is 10. The number of H-pyrrole nitrogens is 1. The van der Waals surface area contributed by atoms with Crippen molar-refractivity contribution >= 4 is 35.2 Å². The Kier molecular flexibility index (Phi) is 12.9. The number of methoxy groups -OCH3 is 1. The molecule has 4 heterocycles. The van der Waals surface area contributed by atoms with Crippen LogP contribution in [-0.4, -0.2) is 108 Å². The first-order valence-corrected chi connectivity index (χ1v) is 19.4. The first-order chi connectivity index (χ1) is 26.5. The Hall–Kier alpha value is -5.18. The van der Waals surface area contributed by atoms with Crippen molar-refractivity contribution in [1.82, 2.24) is 30.7 Å². The summed E-state index contributed by atoms with van der Waals surface area (Å²) in [6.45, 7) is 8.22. The predicted octanol–water partition coefficient (Wildman–Crippen LogP) is 4.77. The molecule has 55 heavy (non-hydrogen) atoms. The molecule has 296 valence electrons. The number of hydrogen-bond donors (Lipinski definition) is 4. The first kappa shape index (κ1) is 39.5. The largest absolute Gasteiger partial charge is 0.494 e. The van der Waals surface area contributed by atoms with E-state index < -0.39 is 17.7 Å². The quantitative estimate of drug-likeness (QED) is 0.178. The summed E-state index contributed by atoms with van der Waals surface area (Å²) in [5, 5.41) is 15.6. The lowest BCUT2D eigenvalue weighted by molar-refractivity contribution is -0.126. The van der Waals surface area contributed by atoms with Gasteiger partial charge in [-0.25, -0.2) is 9.78 Å². The fraction of sp³-hybridized carbons (Fsp3) is 0.550. The van der Waals surface area contributed by atoms with E-state index >= 15 is 0 Å².